The first-order valence-electron chi connectivity index (χ1n) is 5.79. The quantitative estimate of drug-likeness (QED) is 0.600. The first-order valence-corrected chi connectivity index (χ1v) is 7.44. The topological polar surface area (TPSA) is 104 Å². The molecule has 0 spiro atoms. The minimum absolute atomic E-state index is 0.0319. The van der Waals surface area contributed by atoms with Gasteiger partial charge in [-0.25, -0.2) is 13.1 Å². The lowest BCUT2D eigenvalue weighted by atomic mass is 10.3. The first kappa shape index (κ1) is 16.9. The van der Waals surface area contributed by atoms with Crippen molar-refractivity contribution in [1.82, 2.24) is 9.62 Å². The maximum absolute atomic E-state index is 11.5. The van der Waals surface area contributed by atoms with E-state index in [9.17, 15) is 18.0 Å². The Morgan fingerprint density at radius 1 is 1.22 bits per heavy atom. The number of likely N-dealkylation sites (N-methyl/N-ethyl adjacent to an activating group) is 1. The van der Waals surface area contributed by atoms with E-state index in [1.165, 1.54) is 4.90 Å². The molecule has 0 aliphatic rings. The summed E-state index contributed by atoms with van der Waals surface area (Å²) in [5, 5.41) is 8.39. The number of hydrogen-bond donors (Lipinski definition) is 2. The van der Waals surface area contributed by atoms with Gasteiger partial charge in [0.05, 0.1) is 12.3 Å². The monoisotopic (exact) mass is 280 g/mol. The number of carboxylic acids is 1. The van der Waals surface area contributed by atoms with Gasteiger partial charge in [0.1, 0.15) is 0 Å². The maximum atomic E-state index is 11.5. The molecule has 0 bridgehead atoms. The highest BCUT2D eigenvalue weighted by atomic mass is 32.2. The molecule has 0 aromatic rings. The molecule has 0 heterocycles. The van der Waals surface area contributed by atoms with Crippen LogP contribution in [0.25, 0.3) is 0 Å². The third kappa shape index (κ3) is 7.23. The van der Waals surface area contributed by atoms with E-state index in [-0.39, 0.29) is 31.0 Å². The second-order valence-corrected chi connectivity index (χ2v) is 5.63. The second-order valence-electron chi connectivity index (χ2n) is 3.70. The molecule has 2 N–H and O–H groups in total. The fraction of sp³-hybridized carbons (Fsp3) is 0.800. The molecular weight excluding hydrogens is 260 g/mol. The number of rotatable bonds is 9. The van der Waals surface area contributed by atoms with Gasteiger partial charge in [0.2, 0.25) is 15.9 Å². The highest BCUT2D eigenvalue weighted by Crippen LogP contribution is 1.95. The zero-order valence-corrected chi connectivity index (χ0v) is 11.5. The smallest absolute Gasteiger partial charge is 0.303 e. The van der Waals surface area contributed by atoms with E-state index >= 15 is 0 Å². The zero-order valence-electron chi connectivity index (χ0n) is 10.7. The lowest BCUT2D eigenvalue weighted by molar-refractivity contribution is -0.137. The van der Waals surface area contributed by atoms with Crippen LogP contribution in [0.3, 0.4) is 0 Å². The van der Waals surface area contributed by atoms with Gasteiger partial charge in [-0.2, -0.15) is 0 Å². The molecule has 0 rings (SSSR count). The highest BCUT2D eigenvalue weighted by Gasteiger charge is 2.15. The molecular formula is C10H20N2O5S. The molecule has 0 atom stereocenters. The largest absolute Gasteiger partial charge is 0.481 e. The standard InChI is InChI=1S/C10H20N2O5S/c1-3-12(4-2)9(13)8-11-18(16,17)7-5-6-10(14)15/h11H,3-8H2,1-2H3,(H,14,15). The number of nitrogens with one attached hydrogen (secondary N) is 1. The molecule has 0 radical (unpaired) electrons. The van der Waals surface area contributed by atoms with E-state index in [1.54, 1.807) is 0 Å². The first-order chi connectivity index (χ1) is 8.32. The van der Waals surface area contributed by atoms with Gasteiger partial charge in [0.25, 0.3) is 0 Å². The van der Waals surface area contributed by atoms with E-state index < -0.39 is 16.0 Å². The molecule has 0 aliphatic heterocycles. The number of carbonyl (C=O) groups is 2. The van der Waals surface area contributed by atoms with Crippen LogP contribution in [0.4, 0.5) is 0 Å². The molecule has 0 aromatic heterocycles. The Morgan fingerprint density at radius 3 is 2.22 bits per heavy atom. The van der Waals surface area contributed by atoms with Crippen LogP contribution in [0.1, 0.15) is 26.7 Å². The van der Waals surface area contributed by atoms with E-state index in [0.717, 1.165) is 0 Å². The van der Waals surface area contributed by atoms with Crippen LogP contribution in [-0.4, -0.2) is 55.7 Å². The van der Waals surface area contributed by atoms with Crippen molar-refractivity contribution in [3.63, 3.8) is 0 Å². The summed E-state index contributed by atoms with van der Waals surface area (Å²) in [7, 11) is -3.58. The van der Waals surface area contributed by atoms with Crippen LogP contribution in [-0.2, 0) is 19.6 Å². The van der Waals surface area contributed by atoms with Crippen molar-refractivity contribution in [2.75, 3.05) is 25.4 Å². The van der Waals surface area contributed by atoms with E-state index in [0.29, 0.717) is 13.1 Å². The van der Waals surface area contributed by atoms with Crippen molar-refractivity contribution in [1.29, 1.82) is 0 Å². The van der Waals surface area contributed by atoms with Gasteiger partial charge in [0.15, 0.2) is 0 Å². The minimum Gasteiger partial charge on any atom is -0.481 e. The van der Waals surface area contributed by atoms with Crippen LogP contribution >= 0.6 is 0 Å². The van der Waals surface area contributed by atoms with Crippen molar-refractivity contribution in [2.24, 2.45) is 0 Å². The Hall–Kier alpha value is -1.15. The molecule has 0 saturated carbocycles. The van der Waals surface area contributed by atoms with Gasteiger partial charge >= 0.3 is 5.97 Å². The van der Waals surface area contributed by atoms with Crippen molar-refractivity contribution in [2.45, 2.75) is 26.7 Å². The summed E-state index contributed by atoms with van der Waals surface area (Å²) in [4.78, 5) is 23.3. The predicted molar refractivity (Wildman–Crippen MR) is 66.6 cm³/mol. The molecule has 7 nitrogen and oxygen atoms in total. The third-order valence-corrected chi connectivity index (χ3v) is 3.77. The number of sulfonamides is 1. The predicted octanol–water partition coefficient (Wildman–Crippen LogP) is -0.361. The van der Waals surface area contributed by atoms with Crippen LogP contribution in [0, 0.1) is 0 Å². The van der Waals surface area contributed by atoms with Crippen LogP contribution < -0.4 is 4.72 Å². The van der Waals surface area contributed by atoms with Crippen molar-refractivity contribution in [3.05, 3.63) is 0 Å². The van der Waals surface area contributed by atoms with E-state index in [1.807, 2.05) is 13.8 Å². The Morgan fingerprint density at radius 2 is 1.78 bits per heavy atom. The fourth-order valence-electron chi connectivity index (χ4n) is 1.35. The third-order valence-electron chi connectivity index (χ3n) is 2.36. The molecule has 1 amide bonds. The molecule has 0 saturated heterocycles. The number of hydrogen-bond acceptors (Lipinski definition) is 4. The SMILES string of the molecule is CCN(CC)C(=O)CNS(=O)(=O)CCCC(=O)O. The zero-order chi connectivity index (χ0) is 14.2. The summed E-state index contributed by atoms with van der Waals surface area (Å²) in [6.07, 6.45) is -0.172. The highest BCUT2D eigenvalue weighted by molar-refractivity contribution is 7.89. The summed E-state index contributed by atoms with van der Waals surface area (Å²) < 4.78 is 25.1. The number of carbonyl (C=O) groups excluding carboxylic acids is 1. The molecule has 0 fully saturated rings. The molecule has 18 heavy (non-hydrogen) atoms. The summed E-state index contributed by atoms with van der Waals surface area (Å²) >= 11 is 0. The van der Waals surface area contributed by atoms with Crippen molar-refractivity contribution < 1.29 is 23.1 Å². The van der Waals surface area contributed by atoms with Gasteiger partial charge in [-0.05, 0) is 20.3 Å². The molecule has 0 aromatic carbocycles. The summed E-state index contributed by atoms with van der Waals surface area (Å²) in [5.41, 5.74) is 0. The van der Waals surface area contributed by atoms with E-state index in [2.05, 4.69) is 4.72 Å². The maximum Gasteiger partial charge on any atom is 0.303 e. The van der Waals surface area contributed by atoms with E-state index in [4.69, 9.17) is 5.11 Å². The fourth-order valence-corrected chi connectivity index (χ4v) is 2.36. The average Bonchev–Trinajstić information content (AvgIpc) is 2.27. The Labute approximate surface area is 107 Å². The summed E-state index contributed by atoms with van der Waals surface area (Å²) in [6.45, 7) is 4.38. The van der Waals surface area contributed by atoms with Gasteiger partial charge in [-0.1, -0.05) is 0 Å². The minimum atomic E-state index is -3.58. The van der Waals surface area contributed by atoms with Crippen LogP contribution in [0.2, 0.25) is 0 Å². The Kier molecular flexibility index (Phi) is 7.53. The second kappa shape index (κ2) is 8.04. The number of aliphatic carboxylic acids is 1. The summed E-state index contributed by atoms with van der Waals surface area (Å²) in [5.74, 6) is -1.61. The summed E-state index contributed by atoms with van der Waals surface area (Å²) in [6, 6.07) is 0. The van der Waals surface area contributed by atoms with Gasteiger partial charge in [-0.15, -0.1) is 0 Å². The normalized spacial score (nSPS) is 11.2. The number of nitrogens with zero attached hydrogens (tertiary/aromatic N) is 1. The van der Waals surface area contributed by atoms with Gasteiger partial charge in [0, 0.05) is 19.5 Å². The van der Waals surface area contributed by atoms with Gasteiger partial charge in [-0.3, -0.25) is 9.59 Å². The molecule has 8 heteroatoms. The van der Waals surface area contributed by atoms with Crippen molar-refractivity contribution in [3.8, 4) is 0 Å². The lowest BCUT2D eigenvalue weighted by Crippen LogP contribution is -2.40. The van der Waals surface area contributed by atoms with Gasteiger partial charge < -0.3 is 10.0 Å². The van der Waals surface area contributed by atoms with Crippen LogP contribution in [0.15, 0.2) is 0 Å². The van der Waals surface area contributed by atoms with Crippen LogP contribution in [0.5, 0.6) is 0 Å². The molecule has 0 aliphatic carbocycles. The molecule has 0 unspecified atom stereocenters. The van der Waals surface area contributed by atoms with Crippen molar-refractivity contribution >= 4 is 21.9 Å². The Bertz CT molecular complexity index is 376. The number of amides is 1. The Balaban J connectivity index is 4.10. The lowest BCUT2D eigenvalue weighted by Gasteiger charge is -2.18. The number of carboxylic acid groups (broad SMARTS) is 1. The average molecular weight is 280 g/mol. The molecule has 106 valence electrons.